The molecule has 0 aromatic carbocycles. The molecule has 0 bridgehead atoms. The van der Waals surface area contributed by atoms with Crippen LogP contribution in [0.1, 0.15) is 47.2 Å². The Balaban J connectivity index is 1.89. The summed E-state index contributed by atoms with van der Waals surface area (Å²) in [5, 5.41) is 9.33. The van der Waals surface area contributed by atoms with E-state index < -0.39 is 63.4 Å². The van der Waals surface area contributed by atoms with Gasteiger partial charge in [0.1, 0.15) is 22.7 Å². The predicted molar refractivity (Wildman–Crippen MR) is 160 cm³/mol. The molecular weight excluding hydrogens is 692 g/mol. The smallest absolute Gasteiger partial charge is 0.413 e. The topological polar surface area (TPSA) is 189 Å². The fourth-order valence-corrected chi connectivity index (χ4v) is 6.87. The van der Waals surface area contributed by atoms with Gasteiger partial charge in [-0.05, 0) is 52.7 Å². The Morgan fingerprint density at radius 1 is 1.29 bits per heavy atom. The van der Waals surface area contributed by atoms with Crippen LogP contribution in [0.4, 0.5) is 9.93 Å². The van der Waals surface area contributed by atoms with E-state index in [-0.39, 0.29) is 28.1 Å². The molecular formula is C23H29BIN5O9S2. The van der Waals surface area contributed by atoms with E-state index in [0.717, 1.165) is 16.2 Å². The van der Waals surface area contributed by atoms with Crippen molar-refractivity contribution in [3.05, 3.63) is 22.3 Å². The number of halogens is 1. The summed E-state index contributed by atoms with van der Waals surface area (Å²) >= 11 is 1.34. The molecule has 2 aliphatic heterocycles. The van der Waals surface area contributed by atoms with E-state index in [2.05, 4.69) is 20.8 Å². The average molecular weight is 721 g/mol. The molecule has 3 heterocycles. The van der Waals surface area contributed by atoms with Gasteiger partial charge in [-0.3, -0.25) is 24.6 Å². The highest BCUT2D eigenvalue weighted by molar-refractivity contribution is 14.1. The lowest BCUT2D eigenvalue weighted by atomic mass is 10.0. The second kappa shape index (κ2) is 12.7. The molecule has 0 radical (unpaired) electrons. The second-order valence-electron chi connectivity index (χ2n) is 10.4. The van der Waals surface area contributed by atoms with E-state index in [9.17, 15) is 28.5 Å². The number of Topliss-reactive ketones (excluding diaryl/α,β-unsaturated/α-hetero) is 1. The maximum atomic E-state index is 13.4. The minimum absolute atomic E-state index is 0.0137. The monoisotopic (exact) mass is 721 g/mol. The molecule has 2 N–H and O–H groups in total. The van der Waals surface area contributed by atoms with E-state index >= 15 is 0 Å². The summed E-state index contributed by atoms with van der Waals surface area (Å²) in [6.45, 7) is 9.27. The molecule has 0 spiro atoms. The van der Waals surface area contributed by atoms with Crippen molar-refractivity contribution in [3.63, 3.8) is 0 Å². The number of oxime groups is 1. The lowest BCUT2D eigenvalue weighted by Crippen LogP contribution is -2.75. The van der Waals surface area contributed by atoms with Crippen LogP contribution in [0, 0.1) is 0 Å². The van der Waals surface area contributed by atoms with Crippen LogP contribution in [0.15, 0.2) is 21.8 Å². The number of carbonyl (C=O) groups excluding carboxylic acids is 5. The molecule has 0 saturated carbocycles. The van der Waals surface area contributed by atoms with Crippen molar-refractivity contribution < 1.29 is 42.8 Å². The normalized spacial score (nSPS) is 21.0. The Bertz CT molecular complexity index is 1330. The van der Waals surface area contributed by atoms with Crippen LogP contribution in [0.2, 0.25) is 0 Å². The van der Waals surface area contributed by atoms with Crippen molar-refractivity contribution in [1.29, 1.82) is 0 Å². The van der Waals surface area contributed by atoms with E-state index in [1.165, 1.54) is 34.2 Å². The Hall–Kier alpha value is -2.71. The Kier molecular flexibility index (Phi) is 10.1. The van der Waals surface area contributed by atoms with Gasteiger partial charge >= 0.3 is 20.1 Å². The van der Waals surface area contributed by atoms with Crippen LogP contribution in [-0.4, -0.2) is 90.7 Å². The van der Waals surface area contributed by atoms with E-state index in [0.29, 0.717) is 10.0 Å². The number of nitrogens with one attached hydrogen (secondary N) is 2. The van der Waals surface area contributed by atoms with Crippen LogP contribution in [0.3, 0.4) is 0 Å². The van der Waals surface area contributed by atoms with Crippen LogP contribution >= 0.6 is 33.9 Å². The van der Waals surface area contributed by atoms with Gasteiger partial charge in [-0.2, -0.15) is 0 Å². The number of ketones is 1. The summed E-state index contributed by atoms with van der Waals surface area (Å²) in [6.07, 6.45) is -0.768. The molecule has 41 heavy (non-hydrogen) atoms. The molecule has 14 nitrogen and oxygen atoms in total. The van der Waals surface area contributed by atoms with Crippen molar-refractivity contribution >= 4 is 93.7 Å². The second-order valence-corrected chi connectivity index (χ2v) is 13.6. The lowest BCUT2D eigenvalue weighted by Gasteiger charge is -2.49. The van der Waals surface area contributed by atoms with Gasteiger partial charge in [0.05, 0.1) is 0 Å². The molecule has 3 amide bonds. The van der Waals surface area contributed by atoms with E-state index in [1.807, 2.05) is 22.6 Å². The number of β-lactam (4-membered cyclic amide) rings is 1. The Labute approximate surface area is 257 Å². The number of hydrogen-bond acceptors (Lipinski definition) is 12. The first-order valence-corrected chi connectivity index (χ1v) is 15.9. The highest BCUT2D eigenvalue weighted by Crippen LogP contribution is 2.37. The largest absolute Gasteiger partial charge is 0.614 e. The third-order valence-electron chi connectivity index (χ3n) is 5.81. The number of carbonyl (C=O) groups is 5. The number of hydrogen-bond donors (Lipinski definition) is 2. The van der Waals surface area contributed by atoms with Crippen molar-refractivity contribution in [2.45, 2.75) is 64.2 Å². The van der Waals surface area contributed by atoms with Crippen molar-refractivity contribution in [2.75, 3.05) is 15.5 Å². The van der Waals surface area contributed by atoms with Gasteiger partial charge in [0, 0.05) is 15.4 Å². The number of ether oxygens (including phenoxy) is 1. The fourth-order valence-electron chi connectivity index (χ4n) is 3.51. The minimum atomic E-state index is -1.63. The quantitative estimate of drug-likeness (QED) is 0.0702. The van der Waals surface area contributed by atoms with E-state index in [4.69, 9.17) is 14.2 Å². The summed E-state index contributed by atoms with van der Waals surface area (Å²) in [6, 6.07) is -1.25. The van der Waals surface area contributed by atoms with Crippen molar-refractivity contribution in [3.8, 4) is 0 Å². The van der Waals surface area contributed by atoms with Gasteiger partial charge < -0.3 is 24.1 Å². The first-order chi connectivity index (χ1) is 19.0. The summed E-state index contributed by atoms with van der Waals surface area (Å²) in [5.74, 6) is -2.67. The van der Waals surface area contributed by atoms with Gasteiger partial charge in [-0.1, -0.05) is 27.7 Å². The number of nitrogens with zero attached hydrogens (tertiary/aromatic N) is 3. The Morgan fingerprint density at radius 2 is 1.95 bits per heavy atom. The van der Waals surface area contributed by atoms with Crippen molar-refractivity contribution in [2.24, 2.45) is 5.16 Å². The van der Waals surface area contributed by atoms with Crippen molar-refractivity contribution in [1.82, 2.24) is 15.2 Å². The number of rotatable bonds is 9. The molecule has 2 aliphatic rings. The third kappa shape index (κ3) is 7.39. The molecule has 3 atom stereocenters. The maximum Gasteiger partial charge on any atom is 0.413 e. The number of anilines is 1. The summed E-state index contributed by atoms with van der Waals surface area (Å²) in [7, 11) is 1.18. The van der Waals surface area contributed by atoms with Crippen LogP contribution in [-0.2, 0) is 44.6 Å². The molecule has 0 aliphatic carbocycles. The van der Waals surface area contributed by atoms with E-state index in [1.54, 1.807) is 20.8 Å². The molecule has 1 aromatic rings. The number of fused-ring (bicyclic) bond motifs is 1. The fraction of sp³-hybridized carbons (Fsp3) is 0.522. The standard InChI is InChI=1S/C23H29BIN5O9S2/c1-10(31)23(5,6)39-29-13(12-8-40-20(26-12)28-21(35)37-22(2,3)4)16(32)27-14-17(33)30-15(19(34)38-24)11(7-25)9-41(36)18(14)30/h8,14,18H,7,9,24H2,1-6H3,(H,27,32)(H,26,28,35)/b29-13-/t14-,18-,41?/m1/s1. The maximum absolute atomic E-state index is 13.4. The SMILES string of the molecule is BOC(=O)C1=C(CI)C[S+]([O-])[C@@H]2[C@H](NC(=O)/C(=N\OC(C)(C)C(C)=O)c3csc(NC(=O)OC(C)(C)C)n3)C(=O)N12. The lowest BCUT2D eigenvalue weighted by molar-refractivity contribution is -0.149. The van der Waals surface area contributed by atoms with Gasteiger partial charge in [0.15, 0.2) is 28.3 Å². The number of alkyl halides is 1. The van der Waals surface area contributed by atoms with Crippen LogP contribution in [0.5, 0.6) is 0 Å². The zero-order chi connectivity index (χ0) is 30.9. The summed E-state index contributed by atoms with van der Waals surface area (Å²) in [4.78, 5) is 73.8. The summed E-state index contributed by atoms with van der Waals surface area (Å²) < 4.78 is 23.4. The molecule has 1 saturated heterocycles. The summed E-state index contributed by atoms with van der Waals surface area (Å²) in [5.41, 5.74) is -2.08. The molecule has 1 fully saturated rings. The van der Waals surface area contributed by atoms with Crippen LogP contribution in [0.25, 0.3) is 0 Å². The molecule has 1 unspecified atom stereocenters. The van der Waals surface area contributed by atoms with Gasteiger partial charge in [0.25, 0.3) is 11.8 Å². The highest BCUT2D eigenvalue weighted by atomic mass is 127. The molecule has 222 valence electrons. The van der Waals surface area contributed by atoms with Gasteiger partial charge in [-0.15, -0.1) is 11.3 Å². The zero-order valence-electron chi connectivity index (χ0n) is 23.4. The average Bonchev–Trinajstić information content (AvgIpc) is 3.32. The minimum Gasteiger partial charge on any atom is -0.614 e. The first-order valence-electron chi connectivity index (χ1n) is 12.1. The Morgan fingerprint density at radius 3 is 2.51 bits per heavy atom. The molecule has 1 aromatic heterocycles. The highest BCUT2D eigenvalue weighted by Gasteiger charge is 2.61. The van der Waals surface area contributed by atoms with Gasteiger partial charge in [-0.25, -0.2) is 14.6 Å². The van der Waals surface area contributed by atoms with Crippen LogP contribution < -0.4 is 10.6 Å². The molecule has 18 heteroatoms. The predicted octanol–water partition coefficient (Wildman–Crippen LogP) is 0.774. The number of aromatic nitrogens is 1. The number of amides is 3. The zero-order valence-corrected chi connectivity index (χ0v) is 27.1. The third-order valence-corrected chi connectivity index (χ3v) is 9.15. The first kappa shape index (κ1) is 32.8. The molecule has 3 rings (SSSR count). The van der Waals surface area contributed by atoms with Gasteiger partial charge in [0.2, 0.25) is 5.37 Å². The number of thiazole rings is 1.